The lowest BCUT2D eigenvalue weighted by Gasteiger charge is -2.36. The van der Waals surface area contributed by atoms with E-state index in [0.29, 0.717) is 17.1 Å². The Morgan fingerprint density at radius 3 is 2.36 bits per heavy atom. The number of fused-ring (bicyclic) bond motifs is 1. The van der Waals surface area contributed by atoms with Crippen LogP contribution in [-0.4, -0.2) is 84.8 Å². The highest BCUT2D eigenvalue weighted by atomic mass is 19.4. The smallest absolute Gasteiger partial charge is 0.410 e. The molecule has 2 atom stereocenters. The molecule has 1 aromatic carbocycles. The minimum Gasteiger partial charge on any atom is -0.493 e. The maximum Gasteiger partial charge on any atom is 0.410 e. The zero-order valence-corrected chi connectivity index (χ0v) is 20.2. The third kappa shape index (κ3) is 4.86. The number of amides is 2. The van der Waals surface area contributed by atoms with Crippen LogP contribution in [0.3, 0.4) is 0 Å². The van der Waals surface area contributed by atoms with Gasteiger partial charge in [-0.25, -0.2) is 9.48 Å². The van der Waals surface area contributed by atoms with Gasteiger partial charge in [-0.3, -0.25) is 4.79 Å². The maximum atomic E-state index is 14.0. The first-order valence-electron chi connectivity index (χ1n) is 11.5. The maximum absolute atomic E-state index is 14.0. The van der Waals surface area contributed by atoms with Gasteiger partial charge in [0.1, 0.15) is 11.4 Å². The van der Waals surface area contributed by atoms with Crippen molar-refractivity contribution >= 4 is 17.8 Å². The Kier molecular flexibility index (Phi) is 7.18. The van der Waals surface area contributed by atoms with E-state index in [2.05, 4.69) is 10.4 Å². The summed E-state index contributed by atoms with van der Waals surface area (Å²) in [6.45, 7) is 2.93. The van der Waals surface area contributed by atoms with Gasteiger partial charge >= 0.3 is 12.3 Å². The lowest BCUT2D eigenvalue weighted by atomic mass is 9.96. The number of alkyl halides is 3. The number of aromatic nitrogens is 2. The lowest BCUT2D eigenvalue weighted by molar-refractivity contribution is -0.173. The van der Waals surface area contributed by atoms with Gasteiger partial charge in [-0.05, 0) is 24.6 Å². The third-order valence-corrected chi connectivity index (χ3v) is 6.37. The zero-order chi connectivity index (χ0) is 26.0. The number of hydrogen-bond acceptors (Lipinski definition) is 7. The fourth-order valence-corrected chi connectivity index (χ4v) is 4.48. The van der Waals surface area contributed by atoms with Gasteiger partial charge in [0.25, 0.3) is 5.91 Å². The van der Waals surface area contributed by atoms with Gasteiger partial charge in [0.05, 0.1) is 33.1 Å². The quantitative estimate of drug-likeness (QED) is 0.657. The fourth-order valence-electron chi connectivity index (χ4n) is 4.48. The molecule has 0 spiro atoms. The Bertz CT molecular complexity index is 1110. The van der Waals surface area contributed by atoms with Crippen molar-refractivity contribution in [2.45, 2.75) is 31.6 Å². The lowest BCUT2D eigenvalue weighted by Crippen LogP contribution is -2.50. The van der Waals surface area contributed by atoms with Crippen molar-refractivity contribution < 1.29 is 37.0 Å². The number of carbonyl (C=O) groups is 2. The van der Waals surface area contributed by atoms with Crippen LogP contribution in [0.1, 0.15) is 41.3 Å². The van der Waals surface area contributed by atoms with Crippen molar-refractivity contribution in [3.8, 4) is 11.5 Å². The summed E-state index contributed by atoms with van der Waals surface area (Å²) in [5.74, 6) is 0.379. The van der Waals surface area contributed by atoms with Crippen LogP contribution in [0.15, 0.2) is 24.4 Å². The summed E-state index contributed by atoms with van der Waals surface area (Å²) in [5.41, 5.74) is 0.592. The Balaban J connectivity index is 1.60. The number of nitrogens with zero attached hydrogens (tertiary/aromatic N) is 4. The summed E-state index contributed by atoms with van der Waals surface area (Å²) in [6, 6.07) is 2.22. The zero-order valence-electron chi connectivity index (χ0n) is 20.2. The first-order chi connectivity index (χ1) is 17.2. The molecule has 1 N–H and O–H groups in total. The summed E-state index contributed by atoms with van der Waals surface area (Å²) in [7, 11) is 2.92. The molecule has 1 aromatic heterocycles. The van der Waals surface area contributed by atoms with Crippen molar-refractivity contribution in [1.82, 2.24) is 19.6 Å². The van der Waals surface area contributed by atoms with Crippen LogP contribution in [0.4, 0.5) is 23.8 Å². The molecule has 1 fully saturated rings. The normalized spacial score (nSPS) is 19.8. The van der Waals surface area contributed by atoms with Crippen molar-refractivity contribution in [3.63, 3.8) is 0 Å². The Hall–Kier alpha value is -3.64. The van der Waals surface area contributed by atoms with Gasteiger partial charge < -0.3 is 29.3 Å². The first kappa shape index (κ1) is 25.5. The monoisotopic (exact) mass is 511 g/mol. The van der Waals surface area contributed by atoms with E-state index in [1.165, 1.54) is 24.0 Å². The van der Waals surface area contributed by atoms with Gasteiger partial charge in [0.2, 0.25) is 0 Å². The molecular weight excluding hydrogens is 483 g/mol. The van der Waals surface area contributed by atoms with Crippen LogP contribution in [0.5, 0.6) is 11.5 Å². The van der Waals surface area contributed by atoms with Crippen LogP contribution in [0.25, 0.3) is 0 Å². The molecule has 2 aliphatic heterocycles. The number of piperazine rings is 1. The largest absolute Gasteiger partial charge is 0.493 e. The topological polar surface area (TPSA) is 98.2 Å². The minimum atomic E-state index is -4.58. The Labute approximate surface area is 205 Å². The van der Waals surface area contributed by atoms with E-state index < -0.39 is 30.3 Å². The second-order valence-electron chi connectivity index (χ2n) is 8.43. The predicted molar refractivity (Wildman–Crippen MR) is 122 cm³/mol. The molecule has 1 saturated heterocycles. The van der Waals surface area contributed by atoms with Crippen LogP contribution in [0.2, 0.25) is 0 Å². The van der Waals surface area contributed by atoms with Crippen LogP contribution < -0.4 is 14.8 Å². The van der Waals surface area contributed by atoms with E-state index in [0.717, 1.165) is 10.9 Å². The molecule has 0 unspecified atom stereocenters. The van der Waals surface area contributed by atoms with Crippen molar-refractivity contribution in [1.29, 1.82) is 0 Å². The Morgan fingerprint density at radius 2 is 1.75 bits per heavy atom. The molecule has 0 radical (unpaired) electrons. The number of rotatable bonds is 5. The molecule has 13 heteroatoms. The van der Waals surface area contributed by atoms with Crippen molar-refractivity contribution in [3.05, 3.63) is 35.5 Å². The number of carbonyl (C=O) groups excluding carboxylic acids is 2. The van der Waals surface area contributed by atoms with E-state index in [9.17, 15) is 22.8 Å². The predicted octanol–water partition coefficient (Wildman–Crippen LogP) is 3.47. The second kappa shape index (κ2) is 10.2. The molecular formula is C23H28F3N5O5. The van der Waals surface area contributed by atoms with Crippen molar-refractivity contribution in [2.24, 2.45) is 0 Å². The number of hydrogen-bond donors (Lipinski definition) is 1. The molecule has 4 rings (SSSR count). The number of ether oxygens (including phenoxy) is 3. The fraction of sp³-hybridized carbons (Fsp3) is 0.522. The summed E-state index contributed by atoms with van der Waals surface area (Å²) in [4.78, 5) is 28.2. The number of methoxy groups -OCH3 is 2. The molecule has 10 nitrogen and oxygen atoms in total. The highest BCUT2D eigenvalue weighted by Crippen LogP contribution is 2.45. The van der Waals surface area contributed by atoms with Crippen molar-refractivity contribution in [2.75, 3.05) is 52.3 Å². The number of benzene rings is 1. The van der Waals surface area contributed by atoms with Gasteiger partial charge in [-0.2, -0.15) is 18.3 Å². The summed E-state index contributed by atoms with van der Waals surface area (Å²) in [6.07, 6.45) is -4.19. The van der Waals surface area contributed by atoms with Gasteiger partial charge in [-0.15, -0.1) is 0 Å². The highest BCUT2D eigenvalue weighted by molar-refractivity contribution is 5.99. The molecule has 196 valence electrons. The molecule has 0 bridgehead atoms. The molecule has 2 aliphatic rings. The van der Waals surface area contributed by atoms with E-state index in [-0.39, 0.29) is 50.6 Å². The molecule has 0 saturated carbocycles. The van der Waals surface area contributed by atoms with E-state index in [1.54, 1.807) is 25.1 Å². The molecule has 2 aromatic rings. The summed E-state index contributed by atoms with van der Waals surface area (Å²) >= 11 is 0. The molecule has 36 heavy (non-hydrogen) atoms. The summed E-state index contributed by atoms with van der Waals surface area (Å²) in [5, 5.41) is 7.02. The average Bonchev–Trinajstić information content (AvgIpc) is 3.30. The van der Waals surface area contributed by atoms with Crippen LogP contribution in [0, 0.1) is 0 Å². The van der Waals surface area contributed by atoms with Gasteiger partial charge in [-0.1, -0.05) is 6.07 Å². The van der Waals surface area contributed by atoms with E-state index in [4.69, 9.17) is 14.2 Å². The Morgan fingerprint density at radius 1 is 1.08 bits per heavy atom. The molecule has 2 amide bonds. The second-order valence-corrected chi connectivity index (χ2v) is 8.43. The standard InChI is InChI=1S/C23H28F3N5O5/c1-4-36-22(33)30-9-7-29(8-10-30)21(32)15-13-27-31-19(23(24,25)26)12-16(28-20(15)31)14-5-6-17(34-2)18(11-14)35-3/h5-6,11,13,16,19,28H,4,7-10,12H2,1-3H3/t16-,19-/m0/s1. The number of anilines is 1. The average molecular weight is 512 g/mol. The minimum absolute atomic E-state index is 0.00109. The number of nitrogens with one attached hydrogen (secondary N) is 1. The molecule has 3 heterocycles. The van der Waals surface area contributed by atoms with Gasteiger partial charge in [0.15, 0.2) is 17.5 Å². The molecule has 0 aliphatic carbocycles. The third-order valence-electron chi connectivity index (χ3n) is 6.37. The highest BCUT2D eigenvalue weighted by Gasteiger charge is 2.47. The first-order valence-corrected chi connectivity index (χ1v) is 11.5. The van der Waals surface area contributed by atoms with E-state index in [1.807, 2.05) is 0 Å². The van der Waals surface area contributed by atoms with Gasteiger partial charge in [0, 0.05) is 32.6 Å². The van der Waals surface area contributed by atoms with Crippen LogP contribution >= 0.6 is 0 Å². The van der Waals surface area contributed by atoms with Crippen LogP contribution in [-0.2, 0) is 4.74 Å². The number of halogens is 3. The summed E-state index contributed by atoms with van der Waals surface area (Å²) < 4.78 is 58.5. The van der Waals surface area contributed by atoms with E-state index >= 15 is 0 Å². The SMILES string of the molecule is CCOC(=O)N1CCN(C(=O)c2cnn3c2N[C@H](c2ccc(OC)c(OC)c2)C[C@H]3C(F)(F)F)CC1.